The third kappa shape index (κ3) is 7.78. The Morgan fingerprint density at radius 1 is 1.40 bits per heavy atom. The van der Waals surface area contributed by atoms with E-state index in [9.17, 15) is 8.42 Å². The summed E-state index contributed by atoms with van der Waals surface area (Å²) < 4.78 is 24.0. The molecule has 1 rings (SSSR count). The van der Waals surface area contributed by atoms with Crippen molar-refractivity contribution in [2.24, 2.45) is 4.99 Å². The van der Waals surface area contributed by atoms with Gasteiger partial charge in [-0.1, -0.05) is 0 Å². The van der Waals surface area contributed by atoms with Crippen LogP contribution < -0.4 is 10.6 Å². The summed E-state index contributed by atoms with van der Waals surface area (Å²) in [5.41, 5.74) is 0. The maximum absolute atomic E-state index is 11.1. The summed E-state index contributed by atoms with van der Waals surface area (Å²) in [5.74, 6) is 0.752. The molecule has 1 aromatic heterocycles. The lowest BCUT2D eigenvalue weighted by molar-refractivity contribution is 0.584. The van der Waals surface area contributed by atoms with Gasteiger partial charge in [-0.15, -0.1) is 0 Å². The molecule has 0 aromatic carbocycles. The predicted octanol–water partition coefficient (Wildman–Crippen LogP) is -0.127. The fourth-order valence-corrected chi connectivity index (χ4v) is 2.03. The van der Waals surface area contributed by atoms with Crippen molar-refractivity contribution in [1.82, 2.24) is 20.4 Å². The fourth-order valence-electron chi connectivity index (χ4n) is 1.55. The maximum Gasteiger partial charge on any atom is 0.191 e. The van der Waals surface area contributed by atoms with Gasteiger partial charge in [0.1, 0.15) is 9.84 Å². The van der Waals surface area contributed by atoms with E-state index in [2.05, 4.69) is 20.7 Å². The number of aromatic nitrogens is 2. The van der Waals surface area contributed by atoms with Crippen molar-refractivity contribution in [1.29, 1.82) is 0 Å². The molecule has 7 nitrogen and oxygen atoms in total. The van der Waals surface area contributed by atoms with Crippen molar-refractivity contribution in [3.8, 4) is 0 Å². The SMILES string of the molecule is CCNC(=NCCCn1cccn1)NCCS(C)(=O)=O. The molecule has 20 heavy (non-hydrogen) atoms. The van der Waals surface area contributed by atoms with Crippen LogP contribution in [0.2, 0.25) is 0 Å². The van der Waals surface area contributed by atoms with Crippen LogP contribution in [0.15, 0.2) is 23.5 Å². The van der Waals surface area contributed by atoms with Gasteiger partial charge in [0, 0.05) is 44.8 Å². The zero-order valence-corrected chi connectivity index (χ0v) is 12.9. The van der Waals surface area contributed by atoms with Crippen molar-refractivity contribution in [2.75, 3.05) is 31.6 Å². The smallest absolute Gasteiger partial charge is 0.191 e. The molecular weight excluding hydrogens is 278 g/mol. The Bertz CT molecular complexity index is 496. The summed E-state index contributed by atoms with van der Waals surface area (Å²) in [6.45, 7) is 4.55. The van der Waals surface area contributed by atoms with E-state index in [4.69, 9.17) is 0 Å². The van der Waals surface area contributed by atoms with Gasteiger partial charge in [-0.2, -0.15) is 5.10 Å². The van der Waals surface area contributed by atoms with Gasteiger partial charge in [0.2, 0.25) is 0 Å². The van der Waals surface area contributed by atoms with Crippen LogP contribution in [0.5, 0.6) is 0 Å². The lowest BCUT2D eigenvalue weighted by Gasteiger charge is -2.10. The highest BCUT2D eigenvalue weighted by Crippen LogP contribution is 1.90. The number of sulfone groups is 1. The Hall–Kier alpha value is -1.57. The first-order valence-corrected chi connectivity index (χ1v) is 8.74. The second-order valence-corrected chi connectivity index (χ2v) is 6.70. The summed E-state index contributed by atoms with van der Waals surface area (Å²) in [5, 5.41) is 10.2. The van der Waals surface area contributed by atoms with Gasteiger partial charge in [0.15, 0.2) is 5.96 Å². The van der Waals surface area contributed by atoms with E-state index >= 15 is 0 Å². The molecule has 114 valence electrons. The van der Waals surface area contributed by atoms with Crippen molar-refractivity contribution in [3.05, 3.63) is 18.5 Å². The molecule has 0 fully saturated rings. The minimum atomic E-state index is -2.95. The minimum Gasteiger partial charge on any atom is -0.357 e. The van der Waals surface area contributed by atoms with Crippen LogP contribution >= 0.6 is 0 Å². The van der Waals surface area contributed by atoms with Crippen molar-refractivity contribution in [3.63, 3.8) is 0 Å². The summed E-state index contributed by atoms with van der Waals surface area (Å²) in [4.78, 5) is 4.39. The number of guanidine groups is 1. The number of hydrogen-bond donors (Lipinski definition) is 2. The molecule has 0 atom stereocenters. The molecule has 0 saturated carbocycles. The minimum absolute atomic E-state index is 0.102. The molecule has 0 unspecified atom stereocenters. The van der Waals surface area contributed by atoms with Crippen LogP contribution in [-0.2, 0) is 16.4 Å². The zero-order valence-electron chi connectivity index (χ0n) is 12.0. The third-order valence-corrected chi connectivity index (χ3v) is 3.43. The van der Waals surface area contributed by atoms with E-state index in [0.717, 1.165) is 19.5 Å². The van der Waals surface area contributed by atoms with Crippen molar-refractivity contribution in [2.45, 2.75) is 19.9 Å². The number of nitrogens with one attached hydrogen (secondary N) is 2. The molecule has 0 amide bonds. The Morgan fingerprint density at radius 2 is 2.20 bits per heavy atom. The highest BCUT2D eigenvalue weighted by Gasteiger charge is 2.02. The van der Waals surface area contributed by atoms with Crippen LogP contribution in [0.4, 0.5) is 0 Å². The van der Waals surface area contributed by atoms with Crippen LogP contribution in [0, 0.1) is 0 Å². The highest BCUT2D eigenvalue weighted by molar-refractivity contribution is 7.90. The quantitative estimate of drug-likeness (QED) is 0.397. The van der Waals surface area contributed by atoms with Crippen LogP contribution in [0.1, 0.15) is 13.3 Å². The van der Waals surface area contributed by atoms with E-state index < -0.39 is 9.84 Å². The van der Waals surface area contributed by atoms with E-state index in [1.807, 2.05) is 23.9 Å². The van der Waals surface area contributed by atoms with Gasteiger partial charge in [0.05, 0.1) is 5.75 Å². The largest absolute Gasteiger partial charge is 0.357 e. The molecule has 8 heteroatoms. The lowest BCUT2D eigenvalue weighted by atomic mass is 10.4. The number of hydrogen-bond acceptors (Lipinski definition) is 4. The lowest BCUT2D eigenvalue weighted by Crippen LogP contribution is -2.39. The Balaban J connectivity index is 2.30. The monoisotopic (exact) mass is 301 g/mol. The third-order valence-electron chi connectivity index (χ3n) is 2.48. The highest BCUT2D eigenvalue weighted by atomic mass is 32.2. The number of aryl methyl sites for hydroxylation is 1. The summed E-state index contributed by atoms with van der Waals surface area (Å²) in [6.07, 6.45) is 5.77. The summed E-state index contributed by atoms with van der Waals surface area (Å²) in [6, 6.07) is 1.89. The van der Waals surface area contributed by atoms with Crippen molar-refractivity contribution < 1.29 is 8.42 Å². The van der Waals surface area contributed by atoms with Gasteiger partial charge in [-0.05, 0) is 19.4 Å². The molecule has 0 aliphatic heterocycles. The Kier molecular flexibility index (Phi) is 7.06. The second-order valence-electron chi connectivity index (χ2n) is 4.44. The molecule has 0 radical (unpaired) electrons. The standard InChI is InChI=1S/C12H23N5O2S/c1-3-13-12(15-8-11-20(2,18)19)14-6-4-9-17-10-5-7-16-17/h5,7,10H,3-4,6,8-9,11H2,1-2H3,(H2,13,14,15). The van der Waals surface area contributed by atoms with Crippen LogP contribution in [0.3, 0.4) is 0 Å². The molecule has 0 aliphatic rings. The Labute approximate surface area is 120 Å². The maximum atomic E-state index is 11.1. The molecular formula is C12H23N5O2S. The normalized spacial score (nSPS) is 12.4. The van der Waals surface area contributed by atoms with Crippen LogP contribution in [-0.4, -0.2) is 55.8 Å². The van der Waals surface area contributed by atoms with E-state index in [1.165, 1.54) is 6.26 Å². The Morgan fingerprint density at radius 3 is 2.80 bits per heavy atom. The van der Waals surface area contributed by atoms with Gasteiger partial charge in [-0.3, -0.25) is 9.67 Å². The average Bonchev–Trinajstić information content (AvgIpc) is 2.86. The molecule has 0 spiro atoms. The summed E-state index contributed by atoms with van der Waals surface area (Å²) >= 11 is 0. The van der Waals surface area contributed by atoms with E-state index in [0.29, 0.717) is 19.0 Å². The van der Waals surface area contributed by atoms with E-state index in [-0.39, 0.29) is 5.75 Å². The van der Waals surface area contributed by atoms with Crippen LogP contribution in [0.25, 0.3) is 0 Å². The molecule has 1 aromatic rings. The fraction of sp³-hybridized carbons (Fsp3) is 0.667. The number of nitrogens with zero attached hydrogens (tertiary/aromatic N) is 3. The molecule has 2 N–H and O–H groups in total. The summed E-state index contributed by atoms with van der Waals surface area (Å²) in [7, 11) is -2.95. The second kappa shape index (κ2) is 8.57. The van der Waals surface area contributed by atoms with Crippen molar-refractivity contribution >= 4 is 15.8 Å². The van der Waals surface area contributed by atoms with E-state index in [1.54, 1.807) is 6.20 Å². The number of aliphatic imine (C=N–C) groups is 1. The van der Waals surface area contributed by atoms with Gasteiger partial charge in [-0.25, -0.2) is 8.42 Å². The zero-order chi connectivity index (χ0) is 14.8. The number of rotatable bonds is 8. The molecule has 0 saturated heterocycles. The topological polar surface area (TPSA) is 88.4 Å². The first kappa shape index (κ1) is 16.5. The average molecular weight is 301 g/mol. The van der Waals surface area contributed by atoms with Gasteiger partial charge in [0.25, 0.3) is 0 Å². The molecule has 0 aliphatic carbocycles. The molecule has 1 heterocycles. The first-order chi connectivity index (χ1) is 9.51. The first-order valence-electron chi connectivity index (χ1n) is 6.68. The van der Waals surface area contributed by atoms with Gasteiger partial charge >= 0.3 is 0 Å². The van der Waals surface area contributed by atoms with Gasteiger partial charge < -0.3 is 10.6 Å². The molecule has 0 bridgehead atoms. The predicted molar refractivity (Wildman–Crippen MR) is 80.5 cm³/mol.